The first-order valence-electron chi connectivity index (χ1n) is 7.46. The van der Waals surface area contributed by atoms with Crippen LogP contribution in [0.3, 0.4) is 0 Å². The molecule has 2 aromatic rings. The van der Waals surface area contributed by atoms with Crippen molar-refractivity contribution in [3.05, 3.63) is 42.3 Å². The first-order valence-corrected chi connectivity index (χ1v) is 7.46. The third-order valence-electron chi connectivity index (χ3n) is 3.86. The fourth-order valence-corrected chi connectivity index (χ4v) is 2.58. The van der Waals surface area contributed by atoms with Gasteiger partial charge in [0.1, 0.15) is 6.26 Å². The summed E-state index contributed by atoms with van der Waals surface area (Å²) in [6, 6.07) is 9.15. The Kier molecular flexibility index (Phi) is 4.27. The molecule has 120 valence electrons. The number of hydrogen-bond acceptors (Lipinski definition) is 5. The van der Waals surface area contributed by atoms with Gasteiger partial charge in [0.15, 0.2) is 5.69 Å². The van der Waals surface area contributed by atoms with Crippen LogP contribution in [0.2, 0.25) is 0 Å². The highest BCUT2D eigenvalue weighted by Crippen LogP contribution is 2.21. The molecular formula is C16H18N4O3. The fourth-order valence-electron chi connectivity index (χ4n) is 2.58. The lowest BCUT2D eigenvalue weighted by molar-refractivity contribution is -0.129. The standard InChI is InChI=1S/C16H18N4O3/c1-12(21)19-6-8-20(9-7-19)14-4-2-3-13(11-14)17-16(22)15-5-10-23-18-15/h2-5,10-11H,6-9H2,1H3,(H,17,22). The highest BCUT2D eigenvalue weighted by atomic mass is 16.5. The van der Waals surface area contributed by atoms with Crippen LogP contribution < -0.4 is 10.2 Å². The van der Waals surface area contributed by atoms with Crippen LogP contribution in [-0.4, -0.2) is 48.0 Å². The molecule has 23 heavy (non-hydrogen) atoms. The second-order valence-electron chi connectivity index (χ2n) is 5.38. The predicted octanol–water partition coefficient (Wildman–Crippen LogP) is 1.60. The predicted molar refractivity (Wildman–Crippen MR) is 85.4 cm³/mol. The minimum absolute atomic E-state index is 0.110. The highest BCUT2D eigenvalue weighted by Gasteiger charge is 2.19. The van der Waals surface area contributed by atoms with Crippen LogP contribution in [0.1, 0.15) is 17.4 Å². The van der Waals surface area contributed by atoms with Crippen molar-refractivity contribution < 1.29 is 14.1 Å². The molecule has 0 bridgehead atoms. The molecule has 0 atom stereocenters. The molecule has 0 spiro atoms. The molecule has 1 fully saturated rings. The molecule has 1 N–H and O–H groups in total. The van der Waals surface area contributed by atoms with E-state index >= 15 is 0 Å². The van der Waals surface area contributed by atoms with Gasteiger partial charge >= 0.3 is 0 Å². The molecule has 1 aliphatic rings. The summed E-state index contributed by atoms with van der Waals surface area (Å²) in [7, 11) is 0. The van der Waals surface area contributed by atoms with Crippen molar-refractivity contribution in [1.29, 1.82) is 0 Å². The largest absolute Gasteiger partial charge is 0.368 e. The molecule has 0 unspecified atom stereocenters. The topological polar surface area (TPSA) is 78.7 Å². The number of piperazine rings is 1. The Morgan fingerprint density at radius 3 is 2.61 bits per heavy atom. The van der Waals surface area contributed by atoms with E-state index in [0.29, 0.717) is 18.8 Å². The molecule has 1 aromatic heterocycles. The molecule has 7 heteroatoms. The van der Waals surface area contributed by atoms with E-state index in [1.165, 1.54) is 12.3 Å². The van der Waals surface area contributed by atoms with Crippen molar-refractivity contribution in [2.75, 3.05) is 36.4 Å². The van der Waals surface area contributed by atoms with Crippen molar-refractivity contribution in [1.82, 2.24) is 10.1 Å². The Morgan fingerprint density at radius 2 is 1.96 bits per heavy atom. The van der Waals surface area contributed by atoms with Gasteiger partial charge in [0.25, 0.3) is 5.91 Å². The highest BCUT2D eigenvalue weighted by molar-refractivity contribution is 6.02. The van der Waals surface area contributed by atoms with Crippen molar-refractivity contribution in [3.8, 4) is 0 Å². The van der Waals surface area contributed by atoms with E-state index in [1.807, 2.05) is 29.2 Å². The minimum Gasteiger partial charge on any atom is -0.368 e. The second kappa shape index (κ2) is 6.51. The second-order valence-corrected chi connectivity index (χ2v) is 5.38. The number of nitrogens with one attached hydrogen (secondary N) is 1. The molecule has 1 saturated heterocycles. The number of nitrogens with zero attached hydrogens (tertiary/aromatic N) is 3. The lowest BCUT2D eigenvalue weighted by Crippen LogP contribution is -2.48. The first-order chi connectivity index (χ1) is 11.1. The smallest absolute Gasteiger partial charge is 0.277 e. The molecular weight excluding hydrogens is 296 g/mol. The summed E-state index contributed by atoms with van der Waals surface area (Å²) in [5.41, 5.74) is 1.96. The van der Waals surface area contributed by atoms with Gasteiger partial charge < -0.3 is 19.6 Å². The van der Waals surface area contributed by atoms with E-state index in [9.17, 15) is 9.59 Å². The average molecular weight is 314 g/mol. The summed E-state index contributed by atoms with van der Waals surface area (Å²) < 4.78 is 4.67. The van der Waals surface area contributed by atoms with Gasteiger partial charge in [-0.3, -0.25) is 9.59 Å². The SMILES string of the molecule is CC(=O)N1CCN(c2cccc(NC(=O)c3ccon3)c2)CC1. The Labute approximate surface area is 133 Å². The van der Waals surface area contributed by atoms with Crippen LogP contribution in [0.15, 0.2) is 41.1 Å². The van der Waals surface area contributed by atoms with Crippen LogP contribution in [0, 0.1) is 0 Å². The van der Waals surface area contributed by atoms with E-state index in [1.54, 1.807) is 6.92 Å². The number of carbonyl (C=O) groups excluding carboxylic acids is 2. The van der Waals surface area contributed by atoms with Crippen molar-refractivity contribution in [2.45, 2.75) is 6.92 Å². The summed E-state index contributed by atoms with van der Waals surface area (Å²) in [6.45, 7) is 4.58. The van der Waals surface area contributed by atoms with Crippen molar-refractivity contribution >= 4 is 23.2 Å². The average Bonchev–Trinajstić information content (AvgIpc) is 3.10. The maximum Gasteiger partial charge on any atom is 0.277 e. The molecule has 2 heterocycles. The fraction of sp³-hybridized carbons (Fsp3) is 0.312. The summed E-state index contributed by atoms with van der Waals surface area (Å²) in [5, 5.41) is 6.41. The van der Waals surface area contributed by atoms with Crippen LogP contribution in [0.5, 0.6) is 0 Å². The number of anilines is 2. The number of benzene rings is 1. The molecule has 0 radical (unpaired) electrons. The zero-order valence-corrected chi connectivity index (χ0v) is 12.9. The first kappa shape index (κ1) is 15.1. The number of rotatable bonds is 3. The Hall–Kier alpha value is -2.83. The number of amides is 2. The van der Waals surface area contributed by atoms with Gasteiger partial charge in [-0.1, -0.05) is 11.2 Å². The third-order valence-corrected chi connectivity index (χ3v) is 3.86. The Morgan fingerprint density at radius 1 is 1.17 bits per heavy atom. The van der Waals surface area contributed by atoms with Gasteiger partial charge in [0.05, 0.1) is 0 Å². The van der Waals surface area contributed by atoms with Gasteiger partial charge in [-0.05, 0) is 18.2 Å². The quantitative estimate of drug-likeness (QED) is 0.931. The Balaban J connectivity index is 1.66. The van der Waals surface area contributed by atoms with Crippen LogP contribution in [-0.2, 0) is 4.79 Å². The summed E-state index contributed by atoms with van der Waals surface area (Å²) in [5.74, 6) is -0.199. The maximum absolute atomic E-state index is 12.0. The molecule has 1 aliphatic heterocycles. The molecule has 0 aliphatic carbocycles. The van der Waals surface area contributed by atoms with Gasteiger partial charge in [-0.25, -0.2) is 0 Å². The van der Waals surface area contributed by atoms with Crippen LogP contribution in [0.4, 0.5) is 11.4 Å². The third kappa shape index (κ3) is 3.50. The molecule has 3 rings (SSSR count). The zero-order chi connectivity index (χ0) is 16.2. The van der Waals surface area contributed by atoms with Crippen molar-refractivity contribution in [2.24, 2.45) is 0 Å². The lowest BCUT2D eigenvalue weighted by Gasteiger charge is -2.35. The molecule has 1 aromatic carbocycles. The van der Waals surface area contributed by atoms with Crippen LogP contribution in [0.25, 0.3) is 0 Å². The normalized spacial score (nSPS) is 14.7. The maximum atomic E-state index is 12.0. The van der Waals surface area contributed by atoms with E-state index in [2.05, 4.69) is 19.9 Å². The zero-order valence-electron chi connectivity index (χ0n) is 12.9. The summed E-state index contributed by atoms with van der Waals surface area (Å²) >= 11 is 0. The van der Waals surface area contributed by atoms with E-state index in [4.69, 9.17) is 0 Å². The minimum atomic E-state index is -0.308. The van der Waals surface area contributed by atoms with E-state index < -0.39 is 0 Å². The van der Waals surface area contributed by atoms with Gasteiger partial charge in [-0.15, -0.1) is 0 Å². The number of hydrogen-bond donors (Lipinski definition) is 1. The van der Waals surface area contributed by atoms with Gasteiger partial charge in [-0.2, -0.15) is 0 Å². The number of aromatic nitrogens is 1. The summed E-state index contributed by atoms with van der Waals surface area (Å²) in [6.07, 6.45) is 1.36. The monoisotopic (exact) mass is 314 g/mol. The van der Waals surface area contributed by atoms with E-state index in [0.717, 1.165) is 18.8 Å². The van der Waals surface area contributed by atoms with Crippen molar-refractivity contribution in [3.63, 3.8) is 0 Å². The molecule has 7 nitrogen and oxygen atoms in total. The lowest BCUT2D eigenvalue weighted by atomic mass is 10.2. The molecule has 2 amide bonds. The van der Waals surface area contributed by atoms with E-state index in [-0.39, 0.29) is 17.5 Å². The van der Waals surface area contributed by atoms with Gasteiger partial charge in [0, 0.05) is 50.5 Å². The molecule has 0 saturated carbocycles. The Bertz CT molecular complexity index is 691. The van der Waals surface area contributed by atoms with Gasteiger partial charge in [0.2, 0.25) is 5.91 Å². The number of carbonyl (C=O) groups is 2. The summed E-state index contributed by atoms with van der Waals surface area (Å²) in [4.78, 5) is 27.4. The van der Waals surface area contributed by atoms with Crippen LogP contribution >= 0.6 is 0 Å².